The molecule has 0 amide bonds. The normalized spacial score (nSPS) is 16.5. The molecular formula is C13H20BrNO3S2. The first-order chi connectivity index (χ1) is 9.08. The van der Waals surface area contributed by atoms with E-state index in [2.05, 4.69) is 20.7 Å². The van der Waals surface area contributed by atoms with E-state index in [9.17, 15) is 9.00 Å². The highest BCUT2D eigenvalue weighted by Crippen LogP contribution is 2.34. The molecule has 0 aliphatic rings. The average Bonchev–Trinajstić information content (AvgIpc) is 2.75. The Morgan fingerprint density at radius 2 is 2.05 bits per heavy atom. The lowest BCUT2D eigenvalue weighted by Gasteiger charge is -2.31. The van der Waals surface area contributed by atoms with Crippen LogP contribution < -0.4 is 4.72 Å². The second kappa shape index (κ2) is 6.68. The number of thiophene rings is 1. The molecule has 0 saturated heterocycles. The Balaban J connectivity index is 3.08. The van der Waals surface area contributed by atoms with E-state index < -0.39 is 21.3 Å². The predicted molar refractivity (Wildman–Crippen MR) is 87.0 cm³/mol. The number of halogens is 1. The summed E-state index contributed by atoms with van der Waals surface area (Å²) in [5.74, 6) is -0.338. The summed E-state index contributed by atoms with van der Waals surface area (Å²) in [6, 6.07) is 1.93. The number of carbonyl (C=O) groups is 1. The Labute approximate surface area is 135 Å². The monoisotopic (exact) mass is 381 g/mol. The number of methoxy groups -OCH3 is 1. The Kier molecular flexibility index (Phi) is 5.95. The lowest BCUT2D eigenvalue weighted by atomic mass is 9.97. The zero-order valence-corrected chi connectivity index (χ0v) is 15.5. The highest BCUT2D eigenvalue weighted by Gasteiger charge is 2.36. The van der Waals surface area contributed by atoms with Crippen LogP contribution in [0.2, 0.25) is 0 Å². The van der Waals surface area contributed by atoms with Gasteiger partial charge in [-0.3, -0.25) is 4.79 Å². The lowest BCUT2D eigenvalue weighted by Crippen LogP contribution is -2.47. The van der Waals surface area contributed by atoms with Crippen LogP contribution in [0.15, 0.2) is 15.9 Å². The fraction of sp³-hybridized carbons (Fsp3) is 0.615. The second-order valence-corrected chi connectivity index (χ2v) is 9.49. The zero-order chi connectivity index (χ0) is 15.6. The first kappa shape index (κ1) is 17.8. The number of hydrogen-bond donors (Lipinski definition) is 1. The zero-order valence-electron chi connectivity index (χ0n) is 12.3. The maximum absolute atomic E-state index is 12.4. The van der Waals surface area contributed by atoms with Gasteiger partial charge in [-0.2, -0.15) is 0 Å². The van der Waals surface area contributed by atoms with Crippen LogP contribution in [0.25, 0.3) is 0 Å². The summed E-state index contributed by atoms with van der Waals surface area (Å²) in [4.78, 5) is 12.6. The largest absolute Gasteiger partial charge is 0.469 e. The fourth-order valence-electron chi connectivity index (χ4n) is 1.49. The van der Waals surface area contributed by atoms with Crippen molar-refractivity contribution in [2.75, 3.05) is 7.11 Å². The van der Waals surface area contributed by atoms with Gasteiger partial charge >= 0.3 is 5.97 Å². The van der Waals surface area contributed by atoms with E-state index in [4.69, 9.17) is 4.74 Å². The summed E-state index contributed by atoms with van der Waals surface area (Å²) in [6.07, 6.45) is 0.123. The van der Waals surface area contributed by atoms with Gasteiger partial charge in [0.05, 0.1) is 34.8 Å². The van der Waals surface area contributed by atoms with Gasteiger partial charge in [0.2, 0.25) is 0 Å². The highest BCUT2D eigenvalue weighted by atomic mass is 79.9. The topological polar surface area (TPSA) is 55.4 Å². The molecule has 0 bridgehead atoms. The van der Waals surface area contributed by atoms with Crippen molar-refractivity contribution in [1.29, 1.82) is 0 Å². The van der Waals surface area contributed by atoms with Crippen LogP contribution in [0, 0.1) is 0 Å². The van der Waals surface area contributed by atoms with Crippen LogP contribution in [0.3, 0.4) is 0 Å². The van der Waals surface area contributed by atoms with Gasteiger partial charge in [-0.15, -0.1) is 11.3 Å². The molecular weight excluding hydrogens is 362 g/mol. The maximum atomic E-state index is 12.4. The standard InChI is InChI=1S/C13H20BrNO3S2/c1-12(2,3)20(17)15-13(4,7-11(16)18-5)10-6-9(14)8-19-10/h6,8,15H,7H2,1-5H3/t13-,20-/m0/s1. The number of nitrogens with one attached hydrogen (secondary N) is 1. The van der Waals surface area contributed by atoms with E-state index in [1.54, 1.807) is 0 Å². The van der Waals surface area contributed by atoms with Crippen molar-refractivity contribution in [3.05, 3.63) is 20.8 Å². The van der Waals surface area contributed by atoms with Crippen molar-refractivity contribution in [3.63, 3.8) is 0 Å². The average molecular weight is 382 g/mol. The van der Waals surface area contributed by atoms with Gasteiger partial charge in [-0.25, -0.2) is 8.93 Å². The lowest BCUT2D eigenvalue weighted by molar-refractivity contribution is -0.142. The van der Waals surface area contributed by atoms with E-state index in [1.165, 1.54) is 18.4 Å². The van der Waals surface area contributed by atoms with Gasteiger partial charge in [0, 0.05) is 14.7 Å². The Hall–Kier alpha value is -0.240. The summed E-state index contributed by atoms with van der Waals surface area (Å²) in [7, 11) is 0.0722. The van der Waals surface area contributed by atoms with Crippen molar-refractivity contribution in [1.82, 2.24) is 4.72 Å². The van der Waals surface area contributed by atoms with Crippen LogP contribution in [-0.4, -0.2) is 22.0 Å². The Morgan fingerprint density at radius 1 is 1.45 bits per heavy atom. The molecule has 0 aliphatic heterocycles. The van der Waals surface area contributed by atoms with E-state index in [0.29, 0.717) is 0 Å². The summed E-state index contributed by atoms with van der Waals surface area (Å²) in [5, 5.41) is 1.94. The molecule has 1 aromatic rings. The van der Waals surface area contributed by atoms with Gasteiger partial charge < -0.3 is 4.74 Å². The molecule has 0 unspecified atom stereocenters. The number of esters is 1. The van der Waals surface area contributed by atoms with Gasteiger partial charge in [0.1, 0.15) is 0 Å². The minimum absolute atomic E-state index is 0.123. The van der Waals surface area contributed by atoms with E-state index in [-0.39, 0.29) is 12.4 Å². The quantitative estimate of drug-likeness (QED) is 0.795. The maximum Gasteiger partial charge on any atom is 0.307 e. The Bertz CT molecular complexity index is 510. The molecule has 7 heteroatoms. The van der Waals surface area contributed by atoms with Crippen LogP contribution in [-0.2, 0) is 26.1 Å². The summed E-state index contributed by atoms with van der Waals surface area (Å²) >= 11 is 4.91. The van der Waals surface area contributed by atoms with Crippen molar-refractivity contribution >= 4 is 44.2 Å². The number of carbonyl (C=O) groups excluding carboxylic acids is 1. The van der Waals surface area contributed by atoms with Crippen LogP contribution in [0.1, 0.15) is 39.0 Å². The SMILES string of the molecule is COC(=O)C[C@](C)(N[S@@](=O)C(C)(C)C)c1cc(Br)cs1. The predicted octanol–water partition coefficient (Wildman–Crippen LogP) is 3.34. The molecule has 1 heterocycles. The molecule has 114 valence electrons. The molecule has 20 heavy (non-hydrogen) atoms. The molecule has 0 saturated carbocycles. The van der Waals surface area contributed by atoms with Crippen molar-refractivity contribution in [3.8, 4) is 0 Å². The first-order valence-corrected chi connectivity index (χ1v) is 8.92. The van der Waals surface area contributed by atoms with Crippen LogP contribution in [0.5, 0.6) is 0 Å². The molecule has 0 spiro atoms. The summed E-state index contributed by atoms with van der Waals surface area (Å²) < 4.78 is 20.7. The molecule has 1 N–H and O–H groups in total. The number of rotatable bonds is 5. The van der Waals surface area contributed by atoms with E-state index in [1.807, 2.05) is 39.1 Å². The van der Waals surface area contributed by atoms with Crippen LogP contribution >= 0.6 is 27.3 Å². The minimum atomic E-state index is -1.28. The third-order valence-corrected chi connectivity index (χ3v) is 6.41. The van der Waals surface area contributed by atoms with Crippen molar-refractivity contribution in [2.24, 2.45) is 0 Å². The molecule has 1 aromatic heterocycles. The molecule has 2 atom stereocenters. The molecule has 0 radical (unpaired) electrons. The third kappa shape index (κ3) is 4.65. The number of hydrogen-bond acceptors (Lipinski definition) is 4. The minimum Gasteiger partial charge on any atom is -0.469 e. The number of ether oxygens (including phenoxy) is 1. The molecule has 1 rings (SSSR count). The van der Waals surface area contributed by atoms with E-state index >= 15 is 0 Å². The van der Waals surface area contributed by atoms with Crippen molar-refractivity contribution in [2.45, 2.75) is 44.4 Å². The fourth-order valence-corrected chi connectivity index (χ4v) is 4.00. The van der Waals surface area contributed by atoms with E-state index in [0.717, 1.165) is 9.35 Å². The molecule has 0 aromatic carbocycles. The van der Waals surface area contributed by atoms with Gasteiger partial charge in [0.25, 0.3) is 0 Å². The second-order valence-electron chi connectivity index (χ2n) is 5.70. The summed E-state index contributed by atoms with van der Waals surface area (Å²) in [6.45, 7) is 7.53. The van der Waals surface area contributed by atoms with Crippen LogP contribution in [0.4, 0.5) is 0 Å². The summed E-state index contributed by atoms with van der Waals surface area (Å²) in [5.41, 5.74) is -0.720. The van der Waals surface area contributed by atoms with Gasteiger partial charge in [-0.05, 0) is 49.7 Å². The molecule has 0 aliphatic carbocycles. The van der Waals surface area contributed by atoms with Gasteiger partial charge in [-0.1, -0.05) is 0 Å². The molecule has 0 fully saturated rings. The van der Waals surface area contributed by atoms with Gasteiger partial charge in [0.15, 0.2) is 0 Å². The third-order valence-electron chi connectivity index (χ3n) is 2.71. The first-order valence-electron chi connectivity index (χ1n) is 6.09. The smallest absolute Gasteiger partial charge is 0.307 e. The Morgan fingerprint density at radius 3 is 2.45 bits per heavy atom. The highest BCUT2D eigenvalue weighted by molar-refractivity contribution is 9.10. The molecule has 4 nitrogen and oxygen atoms in total. The van der Waals surface area contributed by atoms with Crippen molar-refractivity contribution < 1.29 is 13.7 Å².